The van der Waals surface area contributed by atoms with Crippen molar-refractivity contribution in [3.8, 4) is 6.07 Å². The van der Waals surface area contributed by atoms with Crippen LogP contribution in [0.1, 0.15) is 26.7 Å². The first-order chi connectivity index (χ1) is 3.77. The van der Waals surface area contributed by atoms with Crippen LogP contribution in [0.4, 0.5) is 0 Å². The summed E-state index contributed by atoms with van der Waals surface area (Å²) in [5.41, 5.74) is 1.29. The van der Waals surface area contributed by atoms with Crippen LogP contribution in [0.15, 0.2) is 11.6 Å². The van der Waals surface area contributed by atoms with Gasteiger partial charge in [-0.2, -0.15) is 5.26 Å². The Morgan fingerprint density at radius 2 is 2.25 bits per heavy atom. The second kappa shape index (κ2) is 4.39. The number of hydrogen-bond acceptors (Lipinski definition) is 1. The molecule has 0 aliphatic heterocycles. The minimum Gasteiger partial charge on any atom is -0.198 e. The molecule has 0 saturated carbocycles. The van der Waals surface area contributed by atoms with Gasteiger partial charge in [0.15, 0.2) is 0 Å². The van der Waals surface area contributed by atoms with Crippen molar-refractivity contribution in [3.05, 3.63) is 11.6 Å². The first kappa shape index (κ1) is 7.23. The summed E-state index contributed by atoms with van der Waals surface area (Å²) in [4.78, 5) is 0. The van der Waals surface area contributed by atoms with Crippen molar-refractivity contribution in [3.63, 3.8) is 0 Å². The lowest BCUT2D eigenvalue weighted by molar-refractivity contribution is 1.04. The van der Waals surface area contributed by atoms with Crippen molar-refractivity contribution >= 4 is 0 Å². The Morgan fingerprint density at radius 3 is 2.62 bits per heavy atom. The molecule has 0 aromatic heterocycles. The molecule has 0 amide bonds. The van der Waals surface area contributed by atoms with Crippen molar-refractivity contribution in [2.45, 2.75) is 26.7 Å². The van der Waals surface area contributed by atoms with E-state index in [0.29, 0.717) is 6.42 Å². The third-order valence-electron chi connectivity index (χ3n) is 0.809. The average Bonchev–Trinajstić information content (AvgIpc) is 1.66. The predicted molar refractivity (Wildman–Crippen MR) is 34.3 cm³/mol. The highest BCUT2D eigenvalue weighted by molar-refractivity contribution is 4.94. The molecule has 0 aromatic rings. The number of allylic oxidation sites excluding steroid dienone is 2. The number of rotatable bonds is 2. The van der Waals surface area contributed by atoms with Gasteiger partial charge in [-0.15, -0.1) is 0 Å². The van der Waals surface area contributed by atoms with Crippen LogP contribution in [0.2, 0.25) is 0 Å². The van der Waals surface area contributed by atoms with Crippen molar-refractivity contribution in [2.75, 3.05) is 0 Å². The summed E-state index contributed by atoms with van der Waals surface area (Å²) < 4.78 is 0. The normalized spacial score (nSPS) is 7.62. The van der Waals surface area contributed by atoms with Crippen molar-refractivity contribution in [1.82, 2.24) is 0 Å². The van der Waals surface area contributed by atoms with Crippen LogP contribution in [-0.4, -0.2) is 0 Å². The van der Waals surface area contributed by atoms with Gasteiger partial charge in [0.25, 0.3) is 0 Å². The van der Waals surface area contributed by atoms with Crippen LogP contribution in [0, 0.1) is 11.3 Å². The maximum absolute atomic E-state index is 8.10. The molecule has 1 nitrogen and oxygen atoms in total. The van der Waals surface area contributed by atoms with E-state index >= 15 is 0 Å². The fourth-order valence-corrected chi connectivity index (χ4v) is 0.425. The van der Waals surface area contributed by atoms with Gasteiger partial charge in [0.05, 0.1) is 6.07 Å². The zero-order chi connectivity index (χ0) is 6.41. The van der Waals surface area contributed by atoms with Gasteiger partial charge in [0.2, 0.25) is 0 Å². The largest absolute Gasteiger partial charge is 0.198 e. The number of nitriles is 1. The molecule has 0 spiro atoms. The fraction of sp³-hybridized carbons (Fsp3) is 0.571. The number of unbranched alkanes of at least 4 members (excludes halogenated alkanes) is 1. The molecule has 44 valence electrons. The Morgan fingerprint density at radius 1 is 1.62 bits per heavy atom. The Hall–Kier alpha value is -0.770. The summed E-state index contributed by atoms with van der Waals surface area (Å²) in [6.07, 6.45) is 3.62. The van der Waals surface area contributed by atoms with E-state index in [0.717, 1.165) is 6.42 Å². The van der Waals surface area contributed by atoms with Gasteiger partial charge in [0, 0.05) is 6.42 Å². The van der Waals surface area contributed by atoms with Gasteiger partial charge in [0.1, 0.15) is 0 Å². The molecule has 0 bridgehead atoms. The minimum atomic E-state index is 0.644. The molecule has 0 aromatic carbocycles. The SMILES string of the molecule is CC(C)=CC[13CH2]C#N. The highest BCUT2D eigenvalue weighted by Gasteiger charge is 1.77. The van der Waals surface area contributed by atoms with E-state index in [1.807, 2.05) is 13.8 Å². The topological polar surface area (TPSA) is 23.8 Å². The lowest BCUT2D eigenvalue weighted by Gasteiger charge is -1.83. The first-order valence-electron chi connectivity index (χ1n) is 2.77. The van der Waals surface area contributed by atoms with Gasteiger partial charge < -0.3 is 0 Å². The molecule has 0 rings (SSSR count). The van der Waals surface area contributed by atoms with Gasteiger partial charge >= 0.3 is 0 Å². The minimum absolute atomic E-state index is 0.644. The lowest BCUT2D eigenvalue weighted by Crippen LogP contribution is -1.66. The van der Waals surface area contributed by atoms with E-state index in [1.54, 1.807) is 0 Å². The van der Waals surface area contributed by atoms with E-state index in [9.17, 15) is 0 Å². The highest BCUT2D eigenvalue weighted by Crippen LogP contribution is 1.94. The average molecular weight is 110 g/mol. The van der Waals surface area contributed by atoms with E-state index in [4.69, 9.17) is 5.26 Å². The van der Waals surface area contributed by atoms with Crippen LogP contribution in [0.25, 0.3) is 0 Å². The van der Waals surface area contributed by atoms with E-state index < -0.39 is 0 Å². The molecule has 8 heavy (non-hydrogen) atoms. The quantitative estimate of drug-likeness (QED) is 0.304. The Labute approximate surface area is 50.6 Å². The van der Waals surface area contributed by atoms with Crippen molar-refractivity contribution in [2.24, 2.45) is 0 Å². The third kappa shape index (κ3) is 5.23. The van der Waals surface area contributed by atoms with E-state index in [-0.39, 0.29) is 0 Å². The molecule has 0 aliphatic rings. The standard InChI is InChI=1S/C7H11N/c1-7(2)5-3-4-6-8/h5H,3-4H2,1-2H3/i4+1. The summed E-state index contributed by atoms with van der Waals surface area (Å²) >= 11 is 0. The summed E-state index contributed by atoms with van der Waals surface area (Å²) in [6, 6.07) is 2.08. The molecule has 0 saturated heterocycles. The van der Waals surface area contributed by atoms with Gasteiger partial charge in [-0.05, 0) is 20.3 Å². The van der Waals surface area contributed by atoms with Crippen LogP contribution in [-0.2, 0) is 0 Å². The monoisotopic (exact) mass is 110 g/mol. The van der Waals surface area contributed by atoms with Crippen LogP contribution in [0.3, 0.4) is 0 Å². The van der Waals surface area contributed by atoms with Crippen LogP contribution < -0.4 is 0 Å². The summed E-state index contributed by atoms with van der Waals surface area (Å²) in [5.74, 6) is 0. The van der Waals surface area contributed by atoms with Crippen LogP contribution >= 0.6 is 0 Å². The molecule has 1 heteroatoms. The van der Waals surface area contributed by atoms with Gasteiger partial charge in [-0.25, -0.2) is 0 Å². The first-order valence-corrected chi connectivity index (χ1v) is 2.77. The number of hydrogen-bond donors (Lipinski definition) is 0. The molecule has 0 aliphatic carbocycles. The second-order valence-electron chi connectivity index (χ2n) is 1.98. The van der Waals surface area contributed by atoms with Gasteiger partial charge in [-0.3, -0.25) is 0 Å². The molecule has 0 heterocycles. The fourth-order valence-electron chi connectivity index (χ4n) is 0.425. The number of nitrogens with zero attached hydrogens (tertiary/aromatic N) is 1. The van der Waals surface area contributed by atoms with Crippen molar-refractivity contribution in [1.29, 1.82) is 5.26 Å². The molecule has 0 radical (unpaired) electrons. The molecule has 0 atom stereocenters. The molecule has 0 fully saturated rings. The molecule has 0 N–H and O–H groups in total. The highest BCUT2D eigenvalue weighted by atomic mass is 14.3. The summed E-state index contributed by atoms with van der Waals surface area (Å²) in [5, 5.41) is 8.10. The van der Waals surface area contributed by atoms with Gasteiger partial charge in [-0.1, -0.05) is 11.6 Å². The Kier molecular flexibility index (Phi) is 3.97. The Balaban J connectivity index is 3.20. The summed E-state index contributed by atoms with van der Waals surface area (Å²) in [6.45, 7) is 4.08. The van der Waals surface area contributed by atoms with Crippen LogP contribution in [0.5, 0.6) is 0 Å². The smallest absolute Gasteiger partial charge is 0.0625 e. The molecular weight excluding hydrogens is 99.1 g/mol. The zero-order valence-corrected chi connectivity index (χ0v) is 5.44. The molecule has 0 unspecified atom stereocenters. The second-order valence-corrected chi connectivity index (χ2v) is 1.98. The van der Waals surface area contributed by atoms with E-state index in [1.165, 1.54) is 5.57 Å². The molecular formula is C7H11N. The zero-order valence-electron chi connectivity index (χ0n) is 5.44. The van der Waals surface area contributed by atoms with E-state index in [2.05, 4.69) is 12.1 Å². The summed E-state index contributed by atoms with van der Waals surface area (Å²) in [7, 11) is 0. The Bertz CT molecular complexity index is 113. The lowest BCUT2D eigenvalue weighted by atomic mass is 10.3. The van der Waals surface area contributed by atoms with Crippen molar-refractivity contribution < 1.29 is 0 Å². The third-order valence-corrected chi connectivity index (χ3v) is 0.809. The predicted octanol–water partition coefficient (Wildman–Crippen LogP) is 2.26. The maximum Gasteiger partial charge on any atom is 0.0625 e. The maximum atomic E-state index is 8.10.